The molecule has 1 saturated heterocycles. The predicted octanol–water partition coefficient (Wildman–Crippen LogP) is 0.979. The molecule has 1 heterocycles. The number of hydrogen-bond donors (Lipinski definition) is 3. The largest absolute Gasteiger partial charge is 0.398 e. The molecular formula is C11H15FN2O. The van der Waals surface area contributed by atoms with E-state index in [9.17, 15) is 9.50 Å². The van der Waals surface area contributed by atoms with Crippen molar-refractivity contribution in [2.45, 2.75) is 18.4 Å². The van der Waals surface area contributed by atoms with E-state index < -0.39 is 5.60 Å². The van der Waals surface area contributed by atoms with E-state index in [1.807, 2.05) is 0 Å². The van der Waals surface area contributed by atoms with Crippen molar-refractivity contribution < 1.29 is 9.50 Å². The van der Waals surface area contributed by atoms with Crippen LogP contribution in [0.1, 0.15) is 18.4 Å². The lowest BCUT2D eigenvalue weighted by Crippen LogP contribution is -2.40. The normalized spacial score (nSPS) is 20.1. The van der Waals surface area contributed by atoms with Crippen molar-refractivity contribution in [3.8, 4) is 0 Å². The van der Waals surface area contributed by atoms with Gasteiger partial charge in [0.2, 0.25) is 0 Å². The Balaban J connectivity index is 2.35. The fourth-order valence-corrected chi connectivity index (χ4v) is 2.07. The van der Waals surface area contributed by atoms with Gasteiger partial charge >= 0.3 is 0 Å². The molecule has 0 aromatic heterocycles. The third kappa shape index (κ3) is 1.96. The summed E-state index contributed by atoms with van der Waals surface area (Å²) in [6, 6.07) is 4.18. The molecule has 4 N–H and O–H groups in total. The molecule has 0 amide bonds. The van der Waals surface area contributed by atoms with Crippen LogP contribution in [0.4, 0.5) is 10.1 Å². The minimum absolute atomic E-state index is 0.333. The monoisotopic (exact) mass is 210 g/mol. The maximum atomic E-state index is 12.9. The molecule has 4 heteroatoms. The standard InChI is InChI=1S/C11H15FN2O/c12-8-1-2-9(10(13)7-8)11(15)3-5-14-6-4-11/h1-2,7,14-15H,3-6,13H2. The van der Waals surface area contributed by atoms with Crippen LogP contribution >= 0.6 is 0 Å². The molecule has 0 saturated carbocycles. The Labute approximate surface area is 88.1 Å². The number of halogens is 1. The van der Waals surface area contributed by atoms with E-state index in [1.54, 1.807) is 6.07 Å². The minimum Gasteiger partial charge on any atom is -0.398 e. The number of nitrogens with one attached hydrogen (secondary N) is 1. The van der Waals surface area contributed by atoms with Crippen molar-refractivity contribution in [3.63, 3.8) is 0 Å². The van der Waals surface area contributed by atoms with E-state index in [1.165, 1.54) is 12.1 Å². The summed E-state index contributed by atoms with van der Waals surface area (Å²) >= 11 is 0. The molecule has 15 heavy (non-hydrogen) atoms. The van der Waals surface area contributed by atoms with E-state index in [4.69, 9.17) is 5.73 Å². The second-order valence-electron chi connectivity index (χ2n) is 4.01. The Morgan fingerprint density at radius 2 is 2.00 bits per heavy atom. The Kier molecular flexibility index (Phi) is 2.63. The van der Waals surface area contributed by atoms with Gasteiger partial charge in [-0.3, -0.25) is 0 Å². The van der Waals surface area contributed by atoms with Crippen LogP contribution in [0.5, 0.6) is 0 Å². The SMILES string of the molecule is Nc1cc(F)ccc1C1(O)CCNCC1. The quantitative estimate of drug-likeness (QED) is 0.605. The summed E-state index contributed by atoms with van der Waals surface area (Å²) in [7, 11) is 0. The smallest absolute Gasteiger partial charge is 0.125 e. The van der Waals surface area contributed by atoms with E-state index in [0.29, 0.717) is 24.1 Å². The molecule has 1 aliphatic heterocycles. The lowest BCUT2D eigenvalue weighted by atomic mass is 9.84. The first kappa shape index (κ1) is 10.4. The predicted molar refractivity (Wildman–Crippen MR) is 56.8 cm³/mol. The molecular weight excluding hydrogens is 195 g/mol. The molecule has 0 atom stereocenters. The van der Waals surface area contributed by atoms with Crippen LogP contribution in [0.3, 0.4) is 0 Å². The zero-order valence-electron chi connectivity index (χ0n) is 8.46. The Morgan fingerprint density at radius 3 is 2.60 bits per heavy atom. The fourth-order valence-electron chi connectivity index (χ4n) is 2.07. The third-order valence-corrected chi connectivity index (χ3v) is 2.95. The molecule has 3 nitrogen and oxygen atoms in total. The van der Waals surface area contributed by atoms with Crippen LogP contribution in [0, 0.1) is 5.82 Å². The van der Waals surface area contributed by atoms with Gasteiger partial charge in [0.05, 0.1) is 5.60 Å². The molecule has 0 radical (unpaired) electrons. The number of aliphatic hydroxyl groups is 1. The van der Waals surface area contributed by atoms with E-state index in [2.05, 4.69) is 5.32 Å². The summed E-state index contributed by atoms with van der Waals surface area (Å²) in [5.41, 5.74) is 5.79. The van der Waals surface area contributed by atoms with Crippen molar-refractivity contribution >= 4 is 5.69 Å². The van der Waals surface area contributed by atoms with Gasteiger partial charge in [-0.25, -0.2) is 4.39 Å². The fraction of sp³-hybridized carbons (Fsp3) is 0.455. The number of hydrogen-bond acceptors (Lipinski definition) is 3. The van der Waals surface area contributed by atoms with Crippen molar-refractivity contribution in [1.82, 2.24) is 5.32 Å². The van der Waals surface area contributed by atoms with Gasteiger partial charge < -0.3 is 16.2 Å². The second kappa shape index (κ2) is 3.79. The second-order valence-corrected chi connectivity index (χ2v) is 4.01. The number of nitrogens with two attached hydrogens (primary N) is 1. The first-order valence-electron chi connectivity index (χ1n) is 5.10. The lowest BCUT2D eigenvalue weighted by Gasteiger charge is -2.33. The van der Waals surface area contributed by atoms with Crippen molar-refractivity contribution in [3.05, 3.63) is 29.6 Å². The van der Waals surface area contributed by atoms with Crippen LogP contribution in [0.2, 0.25) is 0 Å². The van der Waals surface area contributed by atoms with Crippen LogP contribution in [-0.2, 0) is 5.60 Å². The Hall–Kier alpha value is -1.13. The Morgan fingerprint density at radius 1 is 1.33 bits per heavy atom. The molecule has 82 valence electrons. The molecule has 1 fully saturated rings. The van der Waals surface area contributed by atoms with Crippen LogP contribution in [0.15, 0.2) is 18.2 Å². The van der Waals surface area contributed by atoms with Crippen molar-refractivity contribution in [2.75, 3.05) is 18.8 Å². The van der Waals surface area contributed by atoms with Gasteiger partial charge in [0, 0.05) is 11.3 Å². The minimum atomic E-state index is -0.900. The third-order valence-electron chi connectivity index (χ3n) is 2.95. The van der Waals surface area contributed by atoms with Gasteiger partial charge in [0.15, 0.2) is 0 Å². The molecule has 1 aromatic rings. The van der Waals surface area contributed by atoms with E-state index in [-0.39, 0.29) is 5.82 Å². The summed E-state index contributed by atoms with van der Waals surface area (Å²) in [4.78, 5) is 0. The van der Waals surface area contributed by atoms with Gasteiger partial charge in [0.1, 0.15) is 5.82 Å². The molecule has 1 aromatic carbocycles. The topological polar surface area (TPSA) is 58.3 Å². The highest BCUT2D eigenvalue weighted by molar-refractivity contribution is 5.50. The van der Waals surface area contributed by atoms with E-state index in [0.717, 1.165) is 13.1 Å². The maximum absolute atomic E-state index is 12.9. The van der Waals surface area contributed by atoms with Crippen molar-refractivity contribution in [1.29, 1.82) is 0 Å². The number of anilines is 1. The molecule has 1 aliphatic rings. The van der Waals surface area contributed by atoms with Gasteiger partial charge in [-0.15, -0.1) is 0 Å². The summed E-state index contributed by atoms with van der Waals surface area (Å²) in [5.74, 6) is -0.367. The zero-order valence-corrected chi connectivity index (χ0v) is 8.46. The summed E-state index contributed by atoms with van der Waals surface area (Å²) in [6.07, 6.45) is 1.23. The maximum Gasteiger partial charge on any atom is 0.125 e. The number of rotatable bonds is 1. The zero-order chi connectivity index (χ0) is 10.9. The number of benzene rings is 1. The molecule has 0 unspecified atom stereocenters. The summed E-state index contributed by atoms with van der Waals surface area (Å²) in [6.45, 7) is 1.51. The van der Waals surface area contributed by atoms with Crippen molar-refractivity contribution in [2.24, 2.45) is 0 Å². The van der Waals surface area contributed by atoms with Gasteiger partial charge in [-0.05, 0) is 38.1 Å². The van der Waals surface area contributed by atoms with Gasteiger partial charge in [0.25, 0.3) is 0 Å². The van der Waals surface area contributed by atoms with Crippen LogP contribution in [0.25, 0.3) is 0 Å². The highest BCUT2D eigenvalue weighted by Crippen LogP contribution is 2.34. The first-order chi connectivity index (χ1) is 7.12. The molecule has 2 rings (SSSR count). The first-order valence-corrected chi connectivity index (χ1v) is 5.10. The number of nitrogen functional groups attached to an aromatic ring is 1. The van der Waals surface area contributed by atoms with E-state index >= 15 is 0 Å². The average Bonchev–Trinajstić information content (AvgIpc) is 2.18. The Bertz CT molecular complexity index is 362. The molecule has 0 spiro atoms. The highest BCUT2D eigenvalue weighted by atomic mass is 19.1. The lowest BCUT2D eigenvalue weighted by molar-refractivity contribution is 0.00661. The average molecular weight is 210 g/mol. The summed E-state index contributed by atoms with van der Waals surface area (Å²) in [5, 5.41) is 13.5. The van der Waals surface area contributed by atoms with Gasteiger partial charge in [-0.2, -0.15) is 0 Å². The highest BCUT2D eigenvalue weighted by Gasteiger charge is 2.32. The summed E-state index contributed by atoms with van der Waals surface area (Å²) < 4.78 is 12.9. The van der Waals surface area contributed by atoms with Gasteiger partial charge in [-0.1, -0.05) is 6.07 Å². The molecule has 0 bridgehead atoms. The molecule has 0 aliphatic carbocycles. The van der Waals surface area contributed by atoms with Crippen LogP contribution < -0.4 is 11.1 Å². The number of piperidine rings is 1. The van der Waals surface area contributed by atoms with Crippen LogP contribution in [-0.4, -0.2) is 18.2 Å².